The van der Waals surface area contributed by atoms with Gasteiger partial charge in [0.1, 0.15) is 5.69 Å². The third kappa shape index (κ3) is 2.62. The van der Waals surface area contributed by atoms with Crippen molar-refractivity contribution in [3.8, 4) is 11.5 Å². The van der Waals surface area contributed by atoms with Crippen molar-refractivity contribution in [1.29, 1.82) is 0 Å². The van der Waals surface area contributed by atoms with E-state index in [9.17, 15) is 4.79 Å². The Labute approximate surface area is 141 Å². The maximum Gasteiger partial charge on any atom is 0.272 e. The van der Waals surface area contributed by atoms with E-state index in [1.54, 1.807) is 24.0 Å². The standard InChI is InChI=1S/C18H21N3O3/c1-20-15(7-8-19-20)18(22)21-9-2-4-14(21)13-5-6-16-17(12-13)24-11-3-10-23-16/h5-8,12,14H,2-4,9-11H2,1H3/t14-/m0/s1. The van der Waals surface area contributed by atoms with E-state index in [0.29, 0.717) is 18.9 Å². The fourth-order valence-electron chi connectivity index (χ4n) is 3.47. The summed E-state index contributed by atoms with van der Waals surface area (Å²) in [7, 11) is 1.80. The van der Waals surface area contributed by atoms with Gasteiger partial charge in [0.25, 0.3) is 5.91 Å². The van der Waals surface area contributed by atoms with Crippen LogP contribution in [0.4, 0.5) is 0 Å². The van der Waals surface area contributed by atoms with Crippen molar-refractivity contribution in [2.45, 2.75) is 25.3 Å². The van der Waals surface area contributed by atoms with Crippen LogP contribution in [-0.2, 0) is 7.05 Å². The normalized spacial score (nSPS) is 20.0. The summed E-state index contributed by atoms with van der Waals surface area (Å²) in [5.41, 5.74) is 1.73. The molecule has 2 aliphatic heterocycles. The van der Waals surface area contributed by atoms with Crippen LogP contribution < -0.4 is 9.47 Å². The van der Waals surface area contributed by atoms with Crippen molar-refractivity contribution >= 4 is 5.91 Å². The average Bonchev–Trinajstić information content (AvgIpc) is 3.18. The van der Waals surface area contributed by atoms with E-state index in [1.165, 1.54) is 0 Å². The molecule has 0 unspecified atom stereocenters. The fourth-order valence-corrected chi connectivity index (χ4v) is 3.47. The van der Waals surface area contributed by atoms with Crippen molar-refractivity contribution in [2.24, 2.45) is 7.05 Å². The summed E-state index contributed by atoms with van der Waals surface area (Å²) in [5, 5.41) is 4.11. The molecule has 0 saturated carbocycles. The predicted octanol–water partition coefficient (Wildman–Crippen LogP) is 2.56. The second kappa shape index (κ2) is 6.19. The Morgan fingerprint density at radius 3 is 2.79 bits per heavy atom. The minimum absolute atomic E-state index is 0.0320. The number of likely N-dealkylation sites (tertiary alicyclic amines) is 1. The van der Waals surface area contributed by atoms with Gasteiger partial charge in [-0.25, -0.2) is 0 Å². The average molecular weight is 327 g/mol. The molecular formula is C18H21N3O3. The van der Waals surface area contributed by atoms with Crippen LogP contribution in [0.25, 0.3) is 0 Å². The molecule has 1 aromatic carbocycles. The van der Waals surface area contributed by atoms with Gasteiger partial charge in [0, 0.05) is 26.2 Å². The molecule has 0 spiro atoms. The van der Waals surface area contributed by atoms with Crippen molar-refractivity contribution in [2.75, 3.05) is 19.8 Å². The minimum atomic E-state index is 0.0320. The van der Waals surface area contributed by atoms with Gasteiger partial charge in [-0.3, -0.25) is 9.48 Å². The number of nitrogens with zero attached hydrogens (tertiary/aromatic N) is 3. The van der Waals surface area contributed by atoms with Crippen molar-refractivity contribution in [3.05, 3.63) is 41.7 Å². The van der Waals surface area contributed by atoms with Crippen molar-refractivity contribution < 1.29 is 14.3 Å². The number of benzene rings is 1. The molecule has 1 saturated heterocycles. The number of hydrogen-bond donors (Lipinski definition) is 0. The molecule has 24 heavy (non-hydrogen) atoms. The summed E-state index contributed by atoms with van der Waals surface area (Å²) in [6, 6.07) is 7.88. The van der Waals surface area contributed by atoms with Gasteiger partial charge in [0.15, 0.2) is 11.5 Å². The molecular weight excluding hydrogens is 306 g/mol. The SMILES string of the molecule is Cn1nccc1C(=O)N1CCC[C@H]1c1ccc2c(c1)OCCCO2. The maximum atomic E-state index is 12.9. The molecule has 1 fully saturated rings. The highest BCUT2D eigenvalue weighted by atomic mass is 16.5. The summed E-state index contributed by atoms with van der Waals surface area (Å²) < 4.78 is 13.1. The van der Waals surface area contributed by atoms with E-state index in [-0.39, 0.29) is 11.9 Å². The number of fused-ring (bicyclic) bond motifs is 1. The Morgan fingerprint density at radius 1 is 1.17 bits per heavy atom. The first kappa shape index (κ1) is 15.1. The highest BCUT2D eigenvalue weighted by molar-refractivity contribution is 5.93. The first-order chi connectivity index (χ1) is 11.7. The Morgan fingerprint density at radius 2 is 2.00 bits per heavy atom. The third-order valence-corrected chi connectivity index (χ3v) is 4.71. The summed E-state index contributed by atoms with van der Waals surface area (Å²) >= 11 is 0. The zero-order valence-corrected chi connectivity index (χ0v) is 13.8. The van der Waals surface area contributed by atoms with E-state index >= 15 is 0 Å². The predicted molar refractivity (Wildman–Crippen MR) is 88.3 cm³/mol. The quantitative estimate of drug-likeness (QED) is 0.851. The van der Waals surface area contributed by atoms with Gasteiger partial charge in [-0.05, 0) is 36.6 Å². The molecule has 1 atom stereocenters. The number of aromatic nitrogens is 2. The Bertz CT molecular complexity index is 756. The molecule has 0 radical (unpaired) electrons. The zero-order valence-electron chi connectivity index (χ0n) is 13.8. The maximum absolute atomic E-state index is 12.9. The molecule has 0 bridgehead atoms. The van der Waals surface area contributed by atoms with Gasteiger partial charge in [-0.1, -0.05) is 6.07 Å². The van der Waals surface area contributed by atoms with Crippen LogP contribution in [0.2, 0.25) is 0 Å². The number of hydrogen-bond acceptors (Lipinski definition) is 4. The molecule has 4 rings (SSSR count). The third-order valence-electron chi connectivity index (χ3n) is 4.71. The first-order valence-corrected chi connectivity index (χ1v) is 8.42. The highest BCUT2D eigenvalue weighted by Crippen LogP contribution is 2.38. The Kier molecular flexibility index (Phi) is 3.88. The van der Waals surface area contributed by atoms with E-state index in [0.717, 1.165) is 42.9 Å². The lowest BCUT2D eigenvalue weighted by atomic mass is 10.0. The zero-order chi connectivity index (χ0) is 16.5. The minimum Gasteiger partial charge on any atom is -0.490 e. The van der Waals surface area contributed by atoms with Gasteiger partial charge in [0.2, 0.25) is 0 Å². The molecule has 0 aliphatic carbocycles. The van der Waals surface area contributed by atoms with E-state index in [2.05, 4.69) is 5.10 Å². The van der Waals surface area contributed by atoms with Gasteiger partial charge in [-0.15, -0.1) is 0 Å². The van der Waals surface area contributed by atoms with Crippen LogP contribution in [0.3, 0.4) is 0 Å². The fraction of sp³-hybridized carbons (Fsp3) is 0.444. The van der Waals surface area contributed by atoms with Gasteiger partial charge < -0.3 is 14.4 Å². The molecule has 6 nitrogen and oxygen atoms in total. The summed E-state index contributed by atoms with van der Waals surface area (Å²) in [6.07, 6.45) is 4.51. The molecule has 2 aromatic rings. The molecule has 6 heteroatoms. The second-order valence-electron chi connectivity index (χ2n) is 6.25. The lowest BCUT2D eigenvalue weighted by molar-refractivity contribution is 0.0724. The van der Waals surface area contributed by atoms with E-state index in [1.807, 2.05) is 23.1 Å². The summed E-state index contributed by atoms with van der Waals surface area (Å²) in [5.74, 6) is 1.60. The number of ether oxygens (including phenoxy) is 2. The Hall–Kier alpha value is -2.50. The number of carbonyl (C=O) groups excluding carboxylic acids is 1. The van der Waals surface area contributed by atoms with Crippen LogP contribution in [-0.4, -0.2) is 40.3 Å². The van der Waals surface area contributed by atoms with Gasteiger partial charge >= 0.3 is 0 Å². The second-order valence-corrected chi connectivity index (χ2v) is 6.25. The van der Waals surface area contributed by atoms with Crippen molar-refractivity contribution in [3.63, 3.8) is 0 Å². The molecule has 3 heterocycles. The number of rotatable bonds is 2. The number of carbonyl (C=O) groups is 1. The molecule has 1 amide bonds. The van der Waals surface area contributed by atoms with Crippen LogP contribution in [0.1, 0.15) is 41.4 Å². The first-order valence-electron chi connectivity index (χ1n) is 8.42. The smallest absolute Gasteiger partial charge is 0.272 e. The number of aryl methyl sites for hydroxylation is 1. The summed E-state index contributed by atoms with van der Waals surface area (Å²) in [6.45, 7) is 2.11. The topological polar surface area (TPSA) is 56.6 Å². The van der Waals surface area contributed by atoms with Gasteiger partial charge in [-0.2, -0.15) is 5.10 Å². The monoisotopic (exact) mass is 327 g/mol. The Balaban J connectivity index is 1.62. The van der Waals surface area contributed by atoms with Crippen LogP contribution >= 0.6 is 0 Å². The van der Waals surface area contributed by atoms with Crippen LogP contribution in [0, 0.1) is 0 Å². The van der Waals surface area contributed by atoms with E-state index in [4.69, 9.17) is 9.47 Å². The van der Waals surface area contributed by atoms with E-state index < -0.39 is 0 Å². The molecule has 2 aliphatic rings. The largest absolute Gasteiger partial charge is 0.490 e. The molecule has 0 N–H and O–H groups in total. The highest BCUT2D eigenvalue weighted by Gasteiger charge is 2.32. The lowest BCUT2D eigenvalue weighted by Crippen LogP contribution is -2.32. The van der Waals surface area contributed by atoms with Crippen LogP contribution in [0.5, 0.6) is 11.5 Å². The van der Waals surface area contributed by atoms with Crippen molar-refractivity contribution in [1.82, 2.24) is 14.7 Å². The van der Waals surface area contributed by atoms with Crippen LogP contribution in [0.15, 0.2) is 30.5 Å². The number of amides is 1. The summed E-state index contributed by atoms with van der Waals surface area (Å²) in [4.78, 5) is 14.8. The molecule has 126 valence electrons. The lowest BCUT2D eigenvalue weighted by Gasteiger charge is -2.25. The van der Waals surface area contributed by atoms with Gasteiger partial charge in [0.05, 0.1) is 19.3 Å². The molecule has 1 aromatic heterocycles.